The second-order valence-electron chi connectivity index (χ2n) is 4.59. The van der Waals surface area contributed by atoms with Crippen molar-refractivity contribution in [3.63, 3.8) is 0 Å². The molecular weight excluding hydrogens is 292 g/mol. The predicted molar refractivity (Wildman–Crippen MR) is 76.8 cm³/mol. The highest BCUT2D eigenvalue weighted by molar-refractivity contribution is 7.89. The van der Waals surface area contributed by atoms with Crippen molar-refractivity contribution in [2.75, 3.05) is 13.2 Å². The summed E-state index contributed by atoms with van der Waals surface area (Å²) in [6, 6.07) is 7.18. The van der Waals surface area contributed by atoms with Crippen molar-refractivity contribution in [3.8, 4) is 6.07 Å². The Morgan fingerprint density at radius 1 is 1.43 bits per heavy atom. The number of rotatable bonds is 6. The molecule has 21 heavy (non-hydrogen) atoms. The molecule has 0 atom stereocenters. The number of nitrogens with zero attached hydrogens (tertiary/aromatic N) is 2. The number of hydrogen-bond donors (Lipinski definition) is 0. The number of carbonyl (C=O) groups is 1. The normalized spacial score (nSPS) is 11.4. The number of esters is 1. The summed E-state index contributed by atoms with van der Waals surface area (Å²) in [5, 5.41) is 8.86. The van der Waals surface area contributed by atoms with Crippen LogP contribution in [0.5, 0.6) is 0 Å². The number of benzene rings is 1. The maximum Gasteiger partial charge on any atom is 0.321 e. The monoisotopic (exact) mass is 310 g/mol. The molecule has 0 fully saturated rings. The van der Waals surface area contributed by atoms with Crippen molar-refractivity contribution < 1.29 is 17.9 Å². The van der Waals surface area contributed by atoms with Crippen molar-refractivity contribution in [1.29, 1.82) is 5.26 Å². The van der Waals surface area contributed by atoms with E-state index in [9.17, 15) is 13.2 Å². The highest BCUT2D eigenvalue weighted by Gasteiger charge is 2.29. The van der Waals surface area contributed by atoms with Gasteiger partial charge in [0.25, 0.3) is 0 Å². The van der Waals surface area contributed by atoms with Crippen LogP contribution in [0.1, 0.15) is 26.3 Å². The number of hydrogen-bond acceptors (Lipinski definition) is 5. The van der Waals surface area contributed by atoms with E-state index in [1.54, 1.807) is 20.8 Å². The summed E-state index contributed by atoms with van der Waals surface area (Å²) in [6.07, 6.45) is 0. The van der Waals surface area contributed by atoms with Crippen LogP contribution in [0.2, 0.25) is 0 Å². The van der Waals surface area contributed by atoms with Crippen LogP contribution in [0.15, 0.2) is 29.2 Å². The van der Waals surface area contributed by atoms with E-state index in [1.165, 1.54) is 24.3 Å². The third-order valence-electron chi connectivity index (χ3n) is 2.74. The largest absolute Gasteiger partial charge is 0.465 e. The van der Waals surface area contributed by atoms with Crippen molar-refractivity contribution >= 4 is 16.0 Å². The van der Waals surface area contributed by atoms with Gasteiger partial charge in [-0.15, -0.1) is 0 Å². The topological polar surface area (TPSA) is 87.5 Å². The van der Waals surface area contributed by atoms with Crippen molar-refractivity contribution in [2.45, 2.75) is 31.7 Å². The summed E-state index contributed by atoms with van der Waals surface area (Å²) < 4.78 is 31.0. The fraction of sp³-hybridized carbons (Fsp3) is 0.429. The lowest BCUT2D eigenvalue weighted by Crippen LogP contribution is -2.41. The van der Waals surface area contributed by atoms with Crippen LogP contribution in [-0.2, 0) is 19.6 Å². The molecule has 0 heterocycles. The van der Waals surface area contributed by atoms with E-state index >= 15 is 0 Å². The van der Waals surface area contributed by atoms with Crippen molar-refractivity contribution in [1.82, 2.24) is 4.31 Å². The Morgan fingerprint density at radius 3 is 2.62 bits per heavy atom. The summed E-state index contributed by atoms with van der Waals surface area (Å²) in [6.45, 7) is 4.83. The molecule has 0 aromatic heterocycles. The van der Waals surface area contributed by atoms with E-state index in [1.807, 2.05) is 6.07 Å². The van der Waals surface area contributed by atoms with Crippen molar-refractivity contribution in [2.24, 2.45) is 0 Å². The zero-order valence-corrected chi connectivity index (χ0v) is 13.1. The highest BCUT2D eigenvalue weighted by Crippen LogP contribution is 2.19. The molecule has 0 saturated heterocycles. The highest BCUT2D eigenvalue weighted by atomic mass is 32.2. The Hall–Kier alpha value is -1.91. The Morgan fingerprint density at radius 2 is 2.10 bits per heavy atom. The first-order valence-corrected chi connectivity index (χ1v) is 7.94. The summed E-state index contributed by atoms with van der Waals surface area (Å²) in [5.41, 5.74) is 0.246. The maximum absolute atomic E-state index is 12.6. The second kappa shape index (κ2) is 7.20. The fourth-order valence-electron chi connectivity index (χ4n) is 1.74. The number of carbonyl (C=O) groups excluding carboxylic acids is 1. The van der Waals surface area contributed by atoms with Gasteiger partial charge in [0, 0.05) is 6.04 Å². The van der Waals surface area contributed by atoms with Gasteiger partial charge in [0.05, 0.1) is 23.1 Å². The molecular formula is C14H18N2O4S. The van der Waals surface area contributed by atoms with E-state index in [2.05, 4.69) is 0 Å². The molecule has 1 aromatic rings. The molecule has 6 nitrogen and oxygen atoms in total. The van der Waals surface area contributed by atoms with Crippen LogP contribution in [0.3, 0.4) is 0 Å². The summed E-state index contributed by atoms with van der Waals surface area (Å²) in [7, 11) is -3.86. The first-order valence-electron chi connectivity index (χ1n) is 6.50. The second-order valence-corrected chi connectivity index (χ2v) is 6.48. The van der Waals surface area contributed by atoms with Gasteiger partial charge in [-0.05, 0) is 39.0 Å². The minimum atomic E-state index is -3.86. The van der Waals surface area contributed by atoms with Crippen LogP contribution in [-0.4, -0.2) is 37.9 Å². The van der Waals surface area contributed by atoms with E-state index < -0.39 is 22.0 Å². The van der Waals surface area contributed by atoms with E-state index in [0.29, 0.717) is 0 Å². The van der Waals surface area contributed by atoms with E-state index in [-0.39, 0.29) is 23.6 Å². The lowest BCUT2D eigenvalue weighted by atomic mass is 10.2. The lowest BCUT2D eigenvalue weighted by Gasteiger charge is -2.24. The van der Waals surface area contributed by atoms with Crippen LogP contribution < -0.4 is 0 Å². The molecule has 0 aliphatic heterocycles. The number of ether oxygens (including phenoxy) is 1. The van der Waals surface area contributed by atoms with E-state index in [0.717, 1.165) is 4.31 Å². The molecule has 0 bridgehead atoms. The summed E-state index contributed by atoms with van der Waals surface area (Å²) >= 11 is 0. The van der Waals surface area contributed by atoms with Gasteiger partial charge in [0.1, 0.15) is 6.54 Å². The molecule has 1 rings (SSSR count). The number of sulfonamides is 1. The first-order chi connectivity index (χ1) is 9.82. The maximum atomic E-state index is 12.6. The molecule has 0 saturated carbocycles. The fourth-order valence-corrected chi connectivity index (χ4v) is 3.37. The molecule has 0 unspecified atom stereocenters. The first kappa shape index (κ1) is 17.1. The van der Waals surface area contributed by atoms with Crippen LogP contribution in [0.25, 0.3) is 0 Å². The Kier molecular flexibility index (Phi) is 5.88. The molecule has 0 amide bonds. The standard InChI is InChI=1S/C14H18N2O4S/c1-4-20-14(17)10-16(11(2)3)21(18,19)13-7-5-6-12(8-13)9-15/h5-8,11H,4,10H2,1-3H3. The Balaban J connectivity index is 3.16. The Bertz CT molecular complexity index is 647. The molecule has 0 aliphatic rings. The zero-order chi connectivity index (χ0) is 16.0. The van der Waals surface area contributed by atoms with Crippen molar-refractivity contribution in [3.05, 3.63) is 29.8 Å². The average Bonchev–Trinajstić information content (AvgIpc) is 2.44. The third-order valence-corrected chi connectivity index (χ3v) is 4.75. The minimum Gasteiger partial charge on any atom is -0.465 e. The van der Waals surface area contributed by atoms with Crippen LogP contribution in [0.4, 0.5) is 0 Å². The Labute approximate surface area is 125 Å². The van der Waals surface area contributed by atoms with Gasteiger partial charge in [-0.2, -0.15) is 9.57 Å². The quantitative estimate of drug-likeness (QED) is 0.743. The minimum absolute atomic E-state index is 0.0143. The summed E-state index contributed by atoms with van der Waals surface area (Å²) in [5.74, 6) is -0.605. The van der Waals surface area contributed by atoms with Gasteiger partial charge in [-0.25, -0.2) is 8.42 Å². The van der Waals surface area contributed by atoms with Gasteiger partial charge in [0.2, 0.25) is 10.0 Å². The van der Waals surface area contributed by atoms with Crippen LogP contribution >= 0.6 is 0 Å². The number of nitriles is 1. The molecule has 7 heteroatoms. The molecule has 0 spiro atoms. The summed E-state index contributed by atoms with van der Waals surface area (Å²) in [4.78, 5) is 11.6. The smallest absolute Gasteiger partial charge is 0.321 e. The van der Waals surface area contributed by atoms with Gasteiger partial charge >= 0.3 is 5.97 Å². The molecule has 1 aromatic carbocycles. The molecule has 0 N–H and O–H groups in total. The van der Waals surface area contributed by atoms with Gasteiger partial charge < -0.3 is 4.74 Å². The predicted octanol–water partition coefficient (Wildman–Crippen LogP) is 1.52. The van der Waals surface area contributed by atoms with Crippen LogP contribution in [0, 0.1) is 11.3 Å². The van der Waals surface area contributed by atoms with Gasteiger partial charge in [-0.3, -0.25) is 4.79 Å². The molecule has 114 valence electrons. The molecule has 0 aliphatic carbocycles. The van der Waals surface area contributed by atoms with Gasteiger partial charge in [0.15, 0.2) is 0 Å². The molecule has 0 radical (unpaired) electrons. The lowest BCUT2D eigenvalue weighted by molar-refractivity contribution is -0.143. The average molecular weight is 310 g/mol. The zero-order valence-electron chi connectivity index (χ0n) is 12.2. The van der Waals surface area contributed by atoms with Gasteiger partial charge in [-0.1, -0.05) is 6.07 Å². The third kappa shape index (κ3) is 4.28. The SMILES string of the molecule is CCOC(=O)CN(C(C)C)S(=O)(=O)c1cccc(C#N)c1. The van der Waals surface area contributed by atoms with E-state index in [4.69, 9.17) is 10.00 Å².